The highest BCUT2D eigenvalue weighted by Gasteiger charge is 2.31. The quantitative estimate of drug-likeness (QED) is 0.456. The number of pyridine rings is 1. The van der Waals surface area contributed by atoms with Crippen molar-refractivity contribution in [3.05, 3.63) is 74.7 Å². The minimum absolute atomic E-state index is 0.0917. The molecule has 0 fully saturated rings. The Morgan fingerprint density at radius 2 is 1.81 bits per heavy atom. The number of aryl methyl sites for hydroxylation is 2. The van der Waals surface area contributed by atoms with Crippen LogP contribution in [0.15, 0.2) is 36.5 Å². The van der Waals surface area contributed by atoms with Gasteiger partial charge in [-0.3, -0.25) is 4.79 Å². The molecule has 0 atom stereocenters. The third kappa shape index (κ3) is 5.72. The Morgan fingerprint density at radius 3 is 2.44 bits per heavy atom. The van der Waals surface area contributed by atoms with Crippen molar-refractivity contribution in [3.63, 3.8) is 0 Å². The fraction of sp³-hybridized carbons (Fsp3) is 0.286. The second kappa shape index (κ2) is 9.79. The van der Waals surface area contributed by atoms with Gasteiger partial charge in [0.2, 0.25) is 0 Å². The molecule has 0 radical (unpaired) electrons. The van der Waals surface area contributed by atoms with Crippen LogP contribution in [0.5, 0.6) is 0 Å². The van der Waals surface area contributed by atoms with E-state index in [9.17, 15) is 18.0 Å². The first-order valence-corrected chi connectivity index (χ1v) is 10.3. The maximum Gasteiger partial charge on any atom is 0.417 e. The summed E-state index contributed by atoms with van der Waals surface area (Å²) in [5, 5.41) is 9.90. The summed E-state index contributed by atoms with van der Waals surface area (Å²) in [6.45, 7) is 4.46. The van der Waals surface area contributed by atoms with Crippen LogP contribution in [0.3, 0.4) is 0 Å². The molecule has 0 unspecified atom stereocenters. The average molecular weight is 486 g/mol. The Bertz CT molecular complexity index is 1110. The van der Waals surface area contributed by atoms with Gasteiger partial charge in [-0.25, -0.2) is 9.67 Å². The zero-order chi connectivity index (χ0) is 23.5. The molecule has 170 valence electrons. The summed E-state index contributed by atoms with van der Waals surface area (Å²) in [6, 6.07) is 8.69. The van der Waals surface area contributed by atoms with Crippen LogP contribution in [0, 0.1) is 13.8 Å². The van der Waals surface area contributed by atoms with E-state index in [0.717, 1.165) is 17.2 Å². The second-order valence-corrected chi connectivity index (χ2v) is 7.89. The van der Waals surface area contributed by atoms with Crippen molar-refractivity contribution >= 4 is 34.9 Å². The summed E-state index contributed by atoms with van der Waals surface area (Å²) in [4.78, 5) is 16.3. The number of nitrogens with zero attached hydrogens (tertiary/aromatic N) is 3. The van der Waals surface area contributed by atoms with Gasteiger partial charge in [-0.1, -0.05) is 53.0 Å². The van der Waals surface area contributed by atoms with Gasteiger partial charge in [0.25, 0.3) is 5.91 Å². The molecular formula is C21H20Cl2F3N5O. The Balaban J connectivity index is 1.57. The number of benzene rings is 1. The molecule has 0 aliphatic carbocycles. The van der Waals surface area contributed by atoms with E-state index >= 15 is 0 Å². The topological polar surface area (TPSA) is 71.8 Å². The minimum atomic E-state index is -4.52. The van der Waals surface area contributed by atoms with E-state index in [4.69, 9.17) is 23.2 Å². The van der Waals surface area contributed by atoms with Crippen LogP contribution in [-0.2, 0) is 12.7 Å². The van der Waals surface area contributed by atoms with Gasteiger partial charge < -0.3 is 10.6 Å². The van der Waals surface area contributed by atoms with Crippen molar-refractivity contribution in [2.24, 2.45) is 0 Å². The van der Waals surface area contributed by atoms with Crippen molar-refractivity contribution in [2.45, 2.75) is 26.6 Å². The molecule has 2 heterocycles. The fourth-order valence-electron chi connectivity index (χ4n) is 2.95. The zero-order valence-corrected chi connectivity index (χ0v) is 18.7. The van der Waals surface area contributed by atoms with Gasteiger partial charge in [0, 0.05) is 19.3 Å². The molecule has 1 amide bonds. The number of carbonyl (C=O) groups is 1. The first-order chi connectivity index (χ1) is 15.1. The Labute approximate surface area is 192 Å². The number of alkyl halides is 3. The lowest BCUT2D eigenvalue weighted by Gasteiger charge is -2.11. The lowest BCUT2D eigenvalue weighted by molar-refractivity contribution is -0.137. The van der Waals surface area contributed by atoms with Crippen LogP contribution in [0.25, 0.3) is 0 Å². The predicted molar refractivity (Wildman–Crippen MR) is 117 cm³/mol. The minimum Gasteiger partial charge on any atom is -0.367 e. The average Bonchev–Trinajstić information content (AvgIpc) is 3.00. The molecule has 0 aliphatic rings. The van der Waals surface area contributed by atoms with Crippen molar-refractivity contribution < 1.29 is 18.0 Å². The molecule has 0 bridgehead atoms. The number of anilines is 1. The number of amides is 1. The largest absolute Gasteiger partial charge is 0.417 e. The first-order valence-electron chi connectivity index (χ1n) is 9.59. The summed E-state index contributed by atoms with van der Waals surface area (Å²) in [7, 11) is 0. The van der Waals surface area contributed by atoms with Gasteiger partial charge in [0.05, 0.1) is 28.4 Å². The van der Waals surface area contributed by atoms with E-state index in [1.54, 1.807) is 11.6 Å². The first kappa shape index (κ1) is 23.9. The standard InChI is InChI=1S/C21H20Cl2F3N5O/c1-12-3-5-14(6-4-12)11-31-18(23)17(13(2)30-31)20(32)28-8-7-27-19-16(22)9-15(10-29-19)21(24,25)26/h3-6,9-10H,7-8,11H2,1-2H3,(H,27,29)(H,28,32). The molecule has 0 aliphatic heterocycles. The summed E-state index contributed by atoms with van der Waals surface area (Å²) in [5.74, 6) is -0.315. The Hall–Kier alpha value is -2.78. The smallest absolute Gasteiger partial charge is 0.367 e. The van der Waals surface area contributed by atoms with E-state index < -0.39 is 17.6 Å². The van der Waals surface area contributed by atoms with Crippen LogP contribution in [-0.4, -0.2) is 33.8 Å². The maximum absolute atomic E-state index is 12.7. The van der Waals surface area contributed by atoms with E-state index in [0.29, 0.717) is 18.4 Å². The normalized spacial score (nSPS) is 11.5. The number of hydrogen-bond donors (Lipinski definition) is 2. The number of nitrogens with one attached hydrogen (secondary N) is 2. The van der Waals surface area contributed by atoms with Crippen molar-refractivity contribution in [1.82, 2.24) is 20.1 Å². The molecule has 0 saturated carbocycles. The highest BCUT2D eigenvalue weighted by Crippen LogP contribution is 2.32. The molecule has 0 spiro atoms. The highest BCUT2D eigenvalue weighted by molar-refractivity contribution is 6.33. The van der Waals surface area contributed by atoms with Crippen LogP contribution < -0.4 is 10.6 Å². The lowest BCUT2D eigenvalue weighted by atomic mass is 10.1. The third-order valence-electron chi connectivity index (χ3n) is 4.62. The molecule has 2 N–H and O–H groups in total. The van der Waals surface area contributed by atoms with Gasteiger partial charge in [0.1, 0.15) is 11.0 Å². The lowest BCUT2D eigenvalue weighted by Crippen LogP contribution is -2.29. The third-order valence-corrected chi connectivity index (χ3v) is 5.29. The highest BCUT2D eigenvalue weighted by atomic mass is 35.5. The molecule has 1 aromatic carbocycles. The van der Waals surface area contributed by atoms with E-state index in [1.807, 2.05) is 31.2 Å². The predicted octanol–water partition coefficient (Wildman–Crippen LogP) is 5.11. The molecule has 0 saturated heterocycles. The molecule has 3 rings (SSSR count). The number of aromatic nitrogens is 3. The van der Waals surface area contributed by atoms with Gasteiger partial charge in [-0.05, 0) is 25.5 Å². The number of carbonyl (C=O) groups excluding carboxylic acids is 1. The second-order valence-electron chi connectivity index (χ2n) is 7.13. The fourth-order valence-corrected chi connectivity index (χ4v) is 3.50. The van der Waals surface area contributed by atoms with E-state index in [2.05, 4.69) is 20.7 Å². The van der Waals surface area contributed by atoms with Crippen LogP contribution >= 0.6 is 23.2 Å². The molecule has 3 aromatic rings. The van der Waals surface area contributed by atoms with Crippen LogP contribution in [0.2, 0.25) is 10.2 Å². The van der Waals surface area contributed by atoms with Crippen molar-refractivity contribution in [1.29, 1.82) is 0 Å². The van der Waals surface area contributed by atoms with Crippen LogP contribution in [0.1, 0.15) is 32.7 Å². The van der Waals surface area contributed by atoms with Gasteiger partial charge in [-0.2, -0.15) is 18.3 Å². The summed E-state index contributed by atoms with van der Waals surface area (Å²) in [5.41, 5.74) is 1.95. The van der Waals surface area contributed by atoms with Gasteiger partial charge in [0.15, 0.2) is 0 Å². The zero-order valence-electron chi connectivity index (χ0n) is 17.2. The van der Waals surface area contributed by atoms with E-state index in [-0.39, 0.29) is 34.6 Å². The molecule has 11 heteroatoms. The van der Waals surface area contributed by atoms with Gasteiger partial charge in [-0.15, -0.1) is 0 Å². The molecule has 32 heavy (non-hydrogen) atoms. The summed E-state index contributed by atoms with van der Waals surface area (Å²) < 4.78 is 39.6. The molecular weight excluding hydrogens is 466 g/mol. The van der Waals surface area contributed by atoms with Crippen LogP contribution in [0.4, 0.5) is 19.0 Å². The monoisotopic (exact) mass is 485 g/mol. The van der Waals surface area contributed by atoms with Crippen molar-refractivity contribution in [2.75, 3.05) is 18.4 Å². The maximum atomic E-state index is 12.7. The molecule has 6 nitrogen and oxygen atoms in total. The number of hydrogen-bond acceptors (Lipinski definition) is 4. The SMILES string of the molecule is Cc1ccc(Cn2nc(C)c(C(=O)NCCNc3ncc(C(F)(F)F)cc3Cl)c2Cl)cc1. The Morgan fingerprint density at radius 1 is 1.12 bits per heavy atom. The van der Waals surface area contributed by atoms with Gasteiger partial charge >= 0.3 is 6.18 Å². The summed E-state index contributed by atoms with van der Waals surface area (Å²) in [6.07, 6.45) is -3.83. The molecule has 2 aromatic heterocycles. The number of halogens is 5. The Kier molecular flexibility index (Phi) is 7.30. The van der Waals surface area contributed by atoms with Crippen molar-refractivity contribution in [3.8, 4) is 0 Å². The summed E-state index contributed by atoms with van der Waals surface area (Å²) >= 11 is 12.2. The number of rotatable bonds is 7. The van der Waals surface area contributed by atoms with E-state index in [1.165, 1.54) is 0 Å².